The summed E-state index contributed by atoms with van der Waals surface area (Å²) in [7, 11) is 0. The normalized spacial score (nSPS) is 14.4. The van der Waals surface area contributed by atoms with Crippen molar-refractivity contribution in [3.63, 3.8) is 0 Å². The highest BCUT2D eigenvalue weighted by molar-refractivity contribution is 6.12. The molecule has 0 spiro atoms. The van der Waals surface area contributed by atoms with Gasteiger partial charge in [0, 0.05) is 93.1 Å². The van der Waals surface area contributed by atoms with Crippen LogP contribution < -0.4 is 27.0 Å². The molecular formula is C56H76F2N8O11. The first kappa shape index (κ1) is 62.4. The number of aliphatic hydroxyl groups excluding tert-OH is 1. The van der Waals surface area contributed by atoms with Gasteiger partial charge in [0.1, 0.15) is 24.3 Å². The summed E-state index contributed by atoms with van der Waals surface area (Å²) in [6, 6.07) is 10.3. The molecule has 0 bridgehead atoms. The molecule has 7 amide bonds. The van der Waals surface area contributed by atoms with Crippen molar-refractivity contribution in [3.8, 4) is 11.1 Å². The molecule has 2 aromatic carbocycles. The number of Topliss-reactive ketones (excluding diaryl/α,β-unsaturated/α-hetero) is 1. The molecule has 19 nitrogen and oxygen atoms in total. The third-order valence-electron chi connectivity index (χ3n) is 13.2. The number of unbranched alkanes of at least 4 members (excludes halogenated alkanes) is 3. The summed E-state index contributed by atoms with van der Waals surface area (Å²) in [4.78, 5) is 116. The molecule has 77 heavy (non-hydrogen) atoms. The van der Waals surface area contributed by atoms with Crippen LogP contribution in [0.25, 0.3) is 11.1 Å². The van der Waals surface area contributed by atoms with E-state index in [0.717, 1.165) is 28.7 Å². The molecule has 0 saturated heterocycles. The van der Waals surface area contributed by atoms with Crippen molar-refractivity contribution < 1.29 is 62.1 Å². The molecule has 2 heterocycles. The second kappa shape index (κ2) is 30.0. The van der Waals surface area contributed by atoms with Crippen molar-refractivity contribution in [2.45, 2.75) is 136 Å². The molecule has 0 saturated carbocycles. The van der Waals surface area contributed by atoms with Crippen molar-refractivity contribution in [1.29, 1.82) is 0 Å². The van der Waals surface area contributed by atoms with Gasteiger partial charge in [0.05, 0.1) is 18.1 Å². The monoisotopic (exact) mass is 1070 g/mol. The smallest absolute Gasteiger partial charge is 0.326 e. The van der Waals surface area contributed by atoms with Crippen LogP contribution in [-0.2, 0) is 49.7 Å². The average Bonchev–Trinajstić information content (AvgIpc) is 3.93. The van der Waals surface area contributed by atoms with Gasteiger partial charge in [-0.25, -0.2) is 13.6 Å². The fraction of sp³-hybridized carbons (Fsp3) is 0.518. The SMILES string of the molecule is CC(C)[C@H](NC(=O)CCCCCN1C(=O)C=CC1=O)C(=O)C[C@@H](C)C(=O)N[C@@H](CCCCNC(=O)CCNC(=O)[C@@H](N)CCN(C(=O)CO)[C@@H](c1cc(-c2cc(F)ccc2F)cn1Cc1ccccc1)C(C)(C)C)C(=O)O. The lowest BCUT2D eigenvalue weighted by Crippen LogP contribution is -2.47. The summed E-state index contributed by atoms with van der Waals surface area (Å²) in [5, 5.41) is 30.6. The molecule has 1 aromatic heterocycles. The van der Waals surface area contributed by atoms with Crippen molar-refractivity contribution >= 4 is 53.1 Å². The van der Waals surface area contributed by atoms with Crippen LogP contribution in [-0.4, -0.2) is 129 Å². The van der Waals surface area contributed by atoms with E-state index in [4.69, 9.17) is 5.73 Å². The Morgan fingerprint density at radius 2 is 1.47 bits per heavy atom. The summed E-state index contributed by atoms with van der Waals surface area (Å²) in [5.74, 6) is -7.48. The summed E-state index contributed by atoms with van der Waals surface area (Å²) < 4.78 is 31.4. The van der Waals surface area contributed by atoms with Gasteiger partial charge in [-0.2, -0.15) is 0 Å². The minimum Gasteiger partial charge on any atom is -0.480 e. The Morgan fingerprint density at radius 3 is 2.10 bits per heavy atom. The summed E-state index contributed by atoms with van der Waals surface area (Å²) >= 11 is 0. The van der Waals surface area contributed by atoms with E-state index in [9.17, 15) is 57.8 Å². The number of hydrogen-bond donors (Lipinski definition) is 7. The molecule has 4 rings (SSSR count). The van der Waals surface area contributed by atoms with Gasteiger partial charge >= 0.3 is 5.97 Å². The zero-order valence-electron chi connectivity index (χ0n) is 44.9. The number of nitrogens with zero attached hydrogens (tertiary/aromatic N) is 3. The second-order valence-corrected chi connectivity index (χ2v) is 20.9. The fourth-order valence-electron chi connectivity index (χ4n) is 9.07. The predicted octanol–water partition coefficient (Wildman–Crippen LogP) is 4.69. The molecule has 1 aliphatic rings. The lowest BCUT2D eigenvalue weighted by molar-refractivity contribution is -0.143. The molecule has 0 fully saturated rings. The van der Waals surface area contributed by atoms with Crippen LogP contribution >= 0.6 is 0 Å². The number of benzene rings is 2. The van der Waals surface area contributed by atoms with E-state index in [-0.39, 0.29) is 93.3 Å². The number of carbonyl (C=O) groups is 9. The highest BCUT2D eigenvalue weighted by Crippen LogP contribution is 2.41. The van der Waals surface area contributed by atoms with Crippen LogP contribution in [0, 0.1) is 28.9 Å². The molecular weight excluding hydrogens is 999 g/mol. The van der Waals surface area contributed by atoms with Gasteiger partial charge in [-0.15, -0.1) is 0 Å². The second-order valence-electron chi connectivity index (χ2n) is 20.9. The third kappa shape index (κ3) is 19.4. The molecule has 420 valence electrons. The van der Waals surface area contributed by atoms with Crippen molar-refractivity contribution in [2.24, 2.45) is 23.0 Å². The largest absolute Gasteiger partial charge is 0.480 e. The number of nitrogens with one attached hydrogen (secondary N) is 4. The quantitative estimate of drug-likeness (QED) is 0.0331. The highest BCUT2D eigenvalue weighted by atomic mass is 19.1. The van der Waals surface area contributed by atoms with Crippen LogP contribution in [0.1, 0.15) is 123 Å². The Hall–Kier alpha value is -7.13. The minimum atomic E-state index is -1.28. The Balaban J connectivity index is 1.21. The van der Waals surface area contributed by atoms with Crippen LogP contribution in [0.3, 0.4) is 0 Å². The highest BCUT2D eigenvalue weighted by Gasteiger charge is 2.38. The number of imide groups is 1. The molecule has 0 radical (unpaired) electrons. The number of nitrogens with two attached hydrogens (primary N) is 1. The number of halogens is 2. The first-order valence-electron chi connectivity index (χ1n) is 26.2. The molecule has 8 N–H and O–H groups in total. The number of carbonyl (C=O) groups excluding carboxylic acids is 8. The number of carboxylic acids is 1. The van der Waals surface area contributed by atoms with E-state index in [1.165, 1.54) is 24.0 Å². The average molecular weight is 1080 g/mol. The van der Waals surface area contributed by atoms with E-state index in [0.29, 0.717) is 49.9 Å². The van der Waals surface area contributed by atoms with Gasteiger partial charge in [-0.1, -0.05) is 78.3 Å². The number of aliphatic carboxylic acids is 1. The molecule has 21 heteroatoms. The minimum absolute atomic E-state index is 0.0291. The number of hydrogen-bond acceptors (Lipinski definition) is 11. The third-order valence-corrected chi connectivity index (χ3v) is 13.2. The molecule has 0 aliphatic carbocycles. The first-order valence-corrected chi connectivity index (χ1v) is 26.2. The fourth-order valence-corrected chi connectivity index (χ4v) is 9.07. The maximum atomic E-state index is 15.1. The van der Waals surface area contributed by atoms with Crippen molar-refractivity contribution in [3.05, 3.63) is 95.8 Å². The van der Waals surface area contributed by atoms with Gasteiger partial charge in [0.2, 0.25) is 29.5 Å². The number of aliphatic hydroxyl groups is 1. The van der Waals surface area contributed by atoms with E-state index >= 15 is 4.39 Å². The number of aromatic nitrogens is 1. The van der Waals surface area contributed by atoms with Crippen molar-refractivity contribution in [2.75, 3.05) is 32.8 Å². The van der Waals surface area contributed by atoms with E-state index in [1.807, 2.05) is 55.7 Å². The molecule has 5 atom stereocenters. The maximum absolute atomic E-state index is 15.1. The number of carboxylic acid groups (broad SMARTS) is 1. The van der Waals surface area contributed by atoms with E-state index in [1.54, 1.807) is 26.1 Å². The lowest BCUT2D eigenvalue weighted by Gasteiger charge is -2.41. The number of amides is 7. The van der Waals surface area contributed by atoms with Crippen LogP contribution in [0.5, 0.6) is 0 Å². The van der Waals surface area contributed by atoms with Gasteiger partial charge in [0.15, 0.2) is 5.78 Å². The van der Waals surface area contributed by atoms with Gasteiger partial charge in [-0.05, 0) is 79.7 Å². The topological polar surface area (TPSA) is 280 Å². The summed E-state index contributed by atoms with van der Waals surface area (Å²) in [6.07, 6.45) is 6.12. The van der Waals surface area contributed by atoms with Crippen molar-refractivity contribution in [1.82, 2.24) is 35.6 Å². The molecule has 1 aliphatic heterocycles. The molecule has 0 unspecified atom stereocenters. The van der Waals surface area contributed by atoms with Crippen LogP contribution in [0.15, 0.2) is 72.9 Å². The van der Waals surface area contributed by atoms with E-state index < -0.39 is 83.3 Å². The van der Waals surface area contributed by atoms with Gasteiger partial charge < -0.3 is 46.7 Å². The number of rotatable bonds is 32. The van der Waals surface area contributed by atoms with E-state index in [2.05, 4.69) is 21.3 Å². The Morgan fingerprint density at radius 1 is 0.779 bits per heavy atom. The first-order chi connectivity index (χ1) is 36.4. The Bertz CT molecular complexity index is 2560. The lowest BCUT2D eigenvalue weighted by atomic mass is 9.82. The zero-order valence-corrected chi connectivity index (χ0v) is 44.9. The standard InChI is InChI=1S/C56H76F2N8O11/c1-35(2)51(63-47(70)18-11-8-14-27-65-48(71)21-22-49(65)72)45(68)29-36(3)53(74)62-43(55(76)77)17-12-13-25-60-46(69)23-26-61-54(75)42(59)24-28-66(50(73)34-67)52(56(4,5)6)44-30-38(40-31-39(57)19-20-41(40)58)33-64(44)32-37-15-9-7-10-16-37/h7,9-10,15-16,19-22,30-31,33,35-36,42-43,51-52,67H,8,11-14,17-18,23-29,32,34,59H2,1-6H3,(H,60,69)(H,61,75)(H,62,74)(H,63,70)(H,76,77)/t36-,42+,43+,51+,52+/m1/s1. The Kier molecular flexibility index (Phi) is 24.3. The summed E-state index contributed by atoms with van der Waals surface area (Å²) in [5.41, 5.74) is 7.50. The summed E-state index contributed by atoms with van der Waals surface area (Å²) in [6.45, 7) is 10.4. The van der Waals surface area contributed by atoms with Gasteiger partial charge in [0.25, 0.3) is 11.8 Å². The van der Waals surface area contributed by atoms with Crippen LogP contribution in [0.2, 0.25) is 0 Å². The Labute approximate surface area is 448 Å². The maximum Gasteiger partial charge on any atom is 0.326 e. The number of ketones is 1. The van der Waals surface area contributed by atoms with Gasteiger partial charge in [-0.3, -0.25) is 43.3 Å². The zero-order chi connectivity index (χ0) is 57.0. The molecule has 3 aromatic rings. The van der Waals surface area contributed by atoms with Crippen LogP contribution in [0.4, 0.5) is 8.78 Å². The predicted molar refractivity (Wildman–Crippen MR) is 283 cm³/mol.